The van der Waals surface area contributed by atoms with Crippen molar-refractivity contribution in [2.75, 3.05) is 33.0 Å². The molecule has 2 atom stereocenters. The highest BCUT2D eigenvalue weighted by Gasteiger charge is 2.30. The van der Waals surface area contributed by atoms with Crippen molar-refractivity contribution in [3.8, 4) is 17.2 Å². The Labute approximate surface area is 172 Å². The summed E-state index contributed by atoms with van der Waals surface area (Å²) in [7, 11) is 0. The minimum atomic E-state index is -0.185. The van der Waals surface area contributed by atoms with Crippen LogP contribution in [0.15, 0.2) is 42.5 Å². The topological polar surface area (TPSA) is 30.9 Å². The van der Waals surface area contributed by atoms with Crippen molar-refractivity contribution in [1.82, 2.24) is 4.90 Å². The lowest BCUT2D eigenvalue weighted by atomic mass is 9.81. The monoisotopic (exact) mass is 407 g/mol. The predicted molar refractivity (Wildman–Crippen MR) is 109 cm³/mol. The van der Waals surface area contributed by atoms with Crippen LogP contribution in [0.4, 0.5) is 4.39 Å². The van der Waals surface area contributed by atoms with Crippen molar-refractivity contribution in [3.63, 3.8) is 0 Å². The average Bonchev–Trinajstić information content (AvgIpc) is 3.15. The molecule has 0 radical (unpaired) electrons. The minimum absolute atomic E-state index is 0. The largest absolute Gasteiger partial charge is 0.493 e. The zero-order valence-electron chi connectivity index (χ0n) is 16.1. The van der Waals surface area contributed by atoms with Crippen LogP contribution in [-0.4, -0.2) is 37.9 Å². The van der Waals surface area contributed by atoms with E-state index >= 15 is 0 Å². The molecule has 6 heteroatoms. The Morgan fingerprint density at radius 2 is 1.89 bits per heavy atom. The van der Waals surface area contributed by atoms with E-state index in [0.29, 0.717) is 18.4 Å². The summed E-state index contributed by atoms with van der Waals surface area (Å²) in [6, 6.07) is 12.7. The molecule has 28 heavy (non-hydrogen) atoms. The van der Waals surface area contributed by atoms with Gasteiger partial charge >= 0.3 is 0 Å². The number of hydrogen-bond donors (Lipinski definition) is 0. The maximum absolute atomic E-state index is 13.3. The molecular formula is C22H27ClFNO3. The maximum Gasteiger partial charge on any atom is 0.231 e. The summed E-state index contributed by atoms with van der Waals surface area (Å²) in [6.45, 7) is 6.29. The van der Waals surface area contributed by atoms with Crippen molar-refractivity contribution in [1.29, 1.82) is 0 Å². The van der Waals surface area contributed by atoms with Crippen LogP contribution >= 0.6 is 12.4 Å². The number of likely N-dealkylation sites (tertiary alicyclic amines) is 1. The molecule has 4 rings (SSSR count). The molecule has 2 aliphatic heterocycles. The van der Waals surface area contributed by atoms with Gasteiger partial charge in [-0.15, -0.1) is 12.4 Å². The van der Waals surface area contributed by atoms with Gasteiger partial charge < -0.3 is 19.1 Å². The van der Waals surface area contributed by atoms with Crippen LogP contribution in [-0.2, 0) is 0 Å². The van der Waals surface area contributed by atoms with Gasteiger partial charge in [0.15, 0.2) is 11.5 Å². The Morgan fingerprint density at radius 3 is 2.68 bits per heavy atom. The standard InChI is InChI=1S/C22H26FNO3.ClH/c1-2-10-24-11-9-20(16-3-5-18(23)6-4-16)17(13-24)14-25-19-7-8-21-22(12-19)27-15-26-21;/h3-8,12,17,20H,2,9-11,13-15H2,1H3;1H/t17-,20-;/m1./s1. The van der Waals surface area contributed by atoms with E-state index in [0.717, 1.165) is 49.7 Å². The zero-order valence-corrected chi connectivity index (χ0v) is 16.9. The van der Waals surface area contributed by atoms with E-state index in [1.165, 1.54) is 5.56 Å². The van der Waals surface area contributed by atoms with Crippen LogP contribution in [0.25, 0.3) is 0 Å². The molecular weight excluding hydrogens is 381 g/mol. The van der Waals surface area contributed by atoms with Gasteiger partial charge in [-0.2, -0.15) is 0 Å². The second kappa shape index (κ2) is 9.48. The van der Waals surface area contributed by atoms with Crippen LogP contribution < -0.4 is 14.2 Å². The maximum atomic E-state index is 13.3. The molecule has 0 amide bonds. The summed E-state index contributed by atoms with van der Waals surface area (Å²) in [6.07, 6.45) is 2.22. The first-order valence-electron chi connectivity index (χ1n) is 9.73. The fourth-order valence-electron chi connectivity index (χ4n) is 4.11. The molecule has 0 unspecified atom stereocenters. The third-order valence-electron chi connectivity index (χ3n) is 5.46. The van der Waals surface area contributed by atoms with Crippen LogP contribution in [0, 0.1) is 11.7 Å². The number of nitrogens with zero attached hydrogens (tertiary/aromatic N) is 1. The molecule has 0 aliphatic carbocycles. The van der Waals surface area contributed by atoms with Gasteiger partial charge in [0.2, 0.25) is 6.79 Å². The minimum Gasteiger partial charge on any atom is -0.493 e. The Balaban J connectivity index is 0.00000225. The van der Waals surface area contributed by atoms with E-state index < -0.39 is 0 Å². The van der Waals surface area contributed by atoms with E-state index in [1.54, 1.807) is 12.1 Å². The molecule has 152 valence electrons. The molecule has 2 aliphatic rings. The van der Waals surface area contributed by atoms with Gasteiger partial charge in [-0.1, -0.05) is 19.1 Å². The Hall–Kier alpha value is -1.98. The van der Waals surface area contributed by atoms with E-state index in [2.05, 4.69) is 11.8 Å². The highest BCUT2D eigenvalue weighted by Crippen LogP contribution is 2.37. The fourth-order valence-corrected chi connectivity index (χ4v) is 4.11. The summed E-state index contributed by atoms with van der Waals surface area (Å²) in [5.74, 6) is 2.85. The number of piperidine rings is 1. The molecule has 0 spiro atoms. The van der Waals surface area contributed by atoms with Crippen molar-refractivity contribution >= 4 is 12.4 Å². The smallest absolute Gasteiger partial charge is 0.231 e. The van der Waals surface area contributed by atoms with Gasteiger partial charge in [-0.05, 0) is 61.7 Å². The highest BCUT2D eigenvalue weighted by molar-refractivity contribution is 5.85. The predicted octanol–water partition coefficient (Wildman–Crippen LogP) is 4.87. The molecule has 2 heterocycles. The number of ether oxygens (including phenoxy) is 3. The van der Waals surface area contributed by atoms with Crippen molar-refractivity contribution in [2.24, 2.45) is 5.92 Å². The lowest BCUT2D eigenvalue weighted by Crippen LogP contribution is -2.42. The molecule has 0 aromatic heterocycles. The number of benzene rings is 2. The van der Waals surface area contributed by atoms with Gasteiger partial charge in [0.1, 0.15) is 11.6 Å². The number of halogens is 2. The normalized spacial score (nSPS) is 21.2. The summed E-state index contributed by atoms with van der Waals surface area (Å²) >= 11 is 0. The third-order valence-corrected chi connectivity index (χ3v) is 5.46. The molecule has 2 aromatic rings. The second-order valence-corrected chi connectivity index (χ2v) is 7.33. The van der Waals surface area contributed by atoms with Crippen LogP contribution in [0.5, 0.6) is 17.2 Å². The van der Waals surface area contributed by atoms with Crippen molar-refractivity contribution < 1.29 is 18.6 Å². The van der Waals surface area contributed by atoms with Crippen LogP contribution in [0.3, 0.4) is 0 Å². The van der Waals surface area contributed by atoms with Gasteiger partial charge in [0.05, 0.1) is 6.61 Å². The zero-order chi connectivity index (χ0) is 18.6. The lowest BCUT2D eigenvalue weighted by Gasteiger charge is -2.38. The Morgan fingerprint density at radius 1 is 1.11 bits per heavy atom. The van der Waals surface area contributed by atoms with Gasteiger partial charge in [0.25, 0.3) is 0 Å². The van der Waals surface area contributed by atoms with Gasteiger partial charge in [-0.25, -0.2) is 4.39 Å². The first-order chi connectivity index (χ1) is 13.2. The Kier molecular flexibility index (Phi) is 7.03. The summed E-state index contributed by atoms with van der Waals surface area (Å²) < 4.78 is 30.3. The van der Waals surface area contributed by atoms with Crippen LogP contribution in [0.1, 0.15) is 31.2 Å². The first kappa shape index (κ1) is 20.7. The molecule has 0 bridgehead atoms. The molecule has 1 saturated heterocycles. The summed E-state index contributed by atoms with van der Waals surface area (Å²) in [5, 5.41) is 0. The lowest BCUT2D eigenvalue weighted by molar-refractivity contribution is 0.111. The Bertz CT molecular complexity index is 771. The van der Waals surface area contributed by atoms with Crippen molar-refractivity contribution in [2.45, 2.75) is 25.7 Å². The number of rotatable bonds is 6. The van der Waals surface area contributed by atoms with E-state index in [9.17, 15) is 4.39 Å². The van der Waals surface area contributed by atoms with Gasteiger partial charge in [-0.3, -0.25) is 0 Å². The fraction of sp³-hybridized carbons (Fsp3) is 0.455. The molecule has 2 aromatic carbocycles. The first-order valence-corrected chi connectivity index (χ1v) is 9.73. The molecule has 4 nitrogen and oxygen atoms in total. The van der Waals surface area contributed by atoms with E-state index in [-0.39, 0.29) is 25.0 Å². The van der Waals surface area contributed by atoms with E-state index in [4.69, 9.17) is 14.2 Å². The van der Waals surface area contributed by atoms with Crippen LogP contribution in [0.2, 0.25) is 0 Å². The molecule has 0 saturated carbocycles. The van der Waals surface area contributed by atoms with Gasteiger partial charge in [0, 0.05) is 18.5 Å². The average molecular weight is 408 g/mol. The SMILES string of the molecule is CCCN1CC[C@H](c2ccc(F)cc2)[C@@H](COc2ccc3c(c2)OCO3)C1.Cl. The summed E-state index contributed by atoms with van der Waals surface area (Å²) in [4.78, 5) is 2.51. The summed E-state index contributed by atoms with van der Waals surface area (Å²) in [5.41, 5.74) is 1.20. The molecule has 1 fully saturated rings. The highest BCUT2D eigenvalue weighted by atomic mass is 35.5. The molecule has 0 N–H and O–H groups in total. The number of hydrogen-bond acceptors (Lipinski definition) is 4. The third kappa shape index (κ3) is 4.70. The second-order valence-electron chi connectivity index (χ2n) is 7.33. The quantitative estimate of drug-likeness (QED) is 0.683. The van der Waals surface area contributed by atoms with Crippen molar-refractivity contribution in [3.05, 3.63) is 53.8 Å². The van der Waals surface area contributed by atoms with E-state index in [1.807, 2.05) is 30.3 Å². The number of fused-ring (bicyclic) bond motifs is 1.